The molecule has 0 aliphatic rings. The van der Waals surface area contributed by atoms with Gasteiger partial charge < -0.3 is 4.74 Å². The molecule has 0 spiro atoms. The molecule has 0 bridgehead atoms. The molecular weight excluding hydrogens is 363 g/mol. The Morgan fingerprint density at radius 1 is 1.21 bits per heavy atom. The van der Waals surface area contributed by atoms with E-state index in [1.54, 1.807) is 13.8 Å². The summed E-state index contributed by atoms with van der Waals surface area (Å²) in [6.45, 7) is 3.34. The van der Waals surface area contributed by atoms with E-state index in [-0.39, 0.29) is 5.75 Å². The van der Waals surface area contributed by atoms with Crippen molar-refractivity contribution in [3.05, 3.63) is 38.9 Å². The van der Waals surface area contributed by atoms with Gasteiger partial charge in [0.1, 0.15) is 15.8 Å². The van der Waals surface area contributed by atoms with Gasteiger partial charge in [0.05, 0.1) is 0 Å². The van der Waals surface area contributed by atoms with E-state index in [4.69, 9.17) is 16.3 Å². The Morgan fingerprint density at radius 3 is 2.33 bits per heavy atom. The molecule has 1 aromatic heterocycles. The number of nitrogens with zero attached hydrogens (tertiary/aromatic N) is 3. The molecule has 0 saturated carbocycles. The molecule has 0 unspecified atom stereocenters. The summed E-state index contributed by atoms with van der Waals surface area (Å²) in [5.74, 6) is 0.283. The number of halogens is 4. The number of benzene rings is 1. The maximum absolute atomic E-state index is 12.3. The van der Waals surface area contributed by atoms with Crippen molar-refractivity contribution in [1.29, 1.82) is 0 Å². The van der Waals surface area contributed by atoms with Crippen LogP contribution in [-0.4, -0.2) is 34.3 Å². The SMILES string of the molecule is Cc1cc(CN(C)Cc2nnsc2Cl)cc(C)c1OCC(F)(F)F. The van der Waals surface area contributed by atoms with Gasteiger partial charge in [0.15, 0.2) is 6.61 Å². The zero-order valence-electron chi connectivity index (χ0n) is 13.4. The van der Waals surface area contributed by atoms with Crippen molar-refractivity contribution in [2.75, 3.05) is 13.7 Å². The maximum atomic E-state index is 12.3. The first-order chi connectivity index (χ1) is 11.2. The van der Waals surface area contributed by atoms with Gasteiger partial charge in [0.25, 0.3) is 0 Å². The monoisotopic (exact) mass is 379 g/mol. The second-order valence-electron chi connectivity index (χ2n) is 5.63. The summed E-state index contributed by atoms with van der Waals surface area (Å²) >= 11 is 7.12. The average Bonchev–Trinajstić information content (AvgIpc) is 2.81. The summed E-state index contributed by atoms with van der Waals surface area (Å²) in [6.07, 6.45) is -4.35. The van der Waals surface area contributed by atoms with E-state index >= 15 is 0 Å². The summed E-state index contributed by atoms with van der Waals surface area (Å²) < 4.78 is 46.2. The molecule has 24 heavy (non-hydrogen) atoms. The van der Waals surface area contributed by atoms with Crippen LogP contribution in [0, 0.1) is 13.8 Å². The minimum Gasteiger partial charge on any atom is -0.484 e. The summed E-state index contributed by atoms with van der Waals surface area (Å²) in [6, 6.07) is 3.66. The Bertz CT molecular complexity index is 683. The van der Waals surface area contributed by atoms with Crippen molar-refractivity contribution in [2.45, 2.75) is 33.1 Å². The van der Waals surface area contributed by atoms with Crippen molar-refractivity contribution in [3.8, 4) is 5.75 Å². The van der Waals surface area contributed by atoms with Gasteiger partial charge in [-0.25, -0.2) is 0 Å². The first kappa shape index (κ1) is 19.0. The Labute approximate surface area is 147 Å². The normalized spacial score (nSPS) is 12.0. The second kappa shape index (κ2) is 7.67. The zero-order chi connectivity index (χ0) is 17.9. The van der Waals surface area contributed by atoms with Gasteiger partial charge in [-0.05, 0) is 37.6 Å². The topological polar surface area (TPSA) is 38.2 Å². The Hall–Kier alpha value is -1.38. The van der Waals surface area contributed by atoms with E-state index in [9.17, 15) is 13.2 Å². The van der Waals surface area contributed by atoms with Crippen LogP contribution in [0.5, 0.6) is 5.75 Å². The van der Waals surface area contributed by atoms with Crippen molar-refractivity contribution < 1.29 is 17.9 Å². The Morgan fingerprint density at radius 2 is 1.83 bits per heavy atom. The molecule has 2 aromatic rings. The minimum atomic E-state index is -4.35. The standard InChI is InChI=1S/C15H17ClF3N3OS/c1-9-4-11(5-10(2)13(9)23-8-15(17,18)19)6-22(3)7-12-14(16)24-21-20-12/h4-5H,6-8H2,1-3H3. The predicted molar refractivity (Wildman–Crippen MR) is 87.6 cm³/mol. The van der Waals surface area contributed by atoms with Gasteiger partial charge in [0.2, 0.25) is 0 Å². The summed E-state index contributed by atoms with van der Waals surface area (Å²) in [7, 11) is 1.91. The van der Waals surface area contributed by atoms with Crippen molar-refractivity contribution >= 4 is 23.1 Å². The van der Waals surface area contributed by atoms with Crippen LogP contribution in [0.25, 0.3) is 0 Å². The molecule has 132 valence electrons. The fraction of sp³-hybridized carbons (Fsp3) is 0.467. The lowest BCUT2D eigenvalue weighted by Gasteiger charge is -2.19. The third-order valence-electron chi connectivity index (χ3n) is 3.28. The molecule has 0 atom stereocenters. The molecule has 0 aliphatic carbocycles. The first-order valence-corrected chi connectivity index (χ1v) is 8.26. The van der Waals surface area contributed by atoms with Crippen molar-refractivity contribution in [3.63, 3.8) is 0 Å². The van der Waals surface area contributed by atoms with Gasteiger partial charge in [0, 0.05) is 24.6 Å². The molecule has 4 nitrogen and oxygen atoms in total. The van der Waals surface area contributed by atoms with Crippen LogP contribution in [-0.2, 0) is 13.1 Å². The number of ether oxygens (including phenoxy) is 1. The van der Waals surface area contributed by atoms with Crippen LogP contribution in [0.1, 0.15) is 22.4 Å². The lowest BCUT2D eigenvalue weighted by atomic mass is 10.1. The number of rotatable bonds is 6. The average molecular weight is 380 g/mol. The van der Waals surface area contributed by atoms with Gasteiger partial charge in [-0.2, -0.15) is 13.2 Å². The minimum absolute atomic E-state index is 0.283. The molecule has 0 radical (unpaired) electrons. The van der Waals surface area contributed by atoms with Gasteiger partial charge in [-0.15, -0.1) is 5.10 Å². The van der Waals surface area contributed by atoms with Crippen LogP contribution >= 0.6 is 23.1 Å². The molecule has 9 heteroatoms. The number of hydrogen-bond donors (Lipinski definition) is 0. The predicted octanol–water partition coefficient (Wildman–Crippen LogP) is 4.38. The summed E-state index contributed by atoms with van der Waals surface area (Å²) in [5, 5.41) is 3.96. The second-order valence-corrected chi connectivity index (χ2v) is 6.98. The van der Waals surface area contributed by atoms with Crippen molar-refractivity contribution in [2.24, 2.45) is 0 Å². The highest BCUT2D eigenvalue weighted by atomic mass is 35.5. The van der Waals surface area contributed by atoms with Crippen LogP contribution < -0.4 is 4.74 Å². The van der Waals surface area contributed by atoms with E-state index < -0.39 is 12.8 Å². The number of alkyl halides is 3. The van der Waals surface area contributed by atoms with Crippen molar-refractivity contribution in [1.82, 2.24) is 14.5 Å². The largest absolute Gasteiger partial charge is 0.484 e. The fourth-order valence-electron chi connectivity index (χ4n) is 2.43. The molecule has 0 fully saturated rings. The zero-order valence-corrected chi connectivity index (χ0v) is 15.0. The van der Waals surface area contributed by atoms with E-state index in [1.165, 1.54) is 0 Å². The molecule has 0 saturated heterocycles. The smallest absolute Gasteiger partial charge is 0.422 e. The van der Waals surface area contributed by atoms with Crippen LogP contribution in [0.15, 0.2) is 12.1 Å². The van der Waals surface area contributed by atoms with Gasteiger partial charge in [-0.3, -0.25) is 4.90 Å². The van der Waals surface area contributed by atoms with E-state index in [2.05, 4.69) is 9.59 Å². The van der Waals surface area contributed by atoms with E-state index in [1.807, 2.05) is 24.1 Å². The molecule has 2 rings (SSSR count). The fourth-order valence-corrected chi connectivity index (χ4v) is 3.04. The number of aryl methyl sites for hydroxylation is 2. The van der Waals surface area contributed by atoms with Gasteiger partial charge >= 0.3 is 6.18 Å². The number of aromatic nitrogens is 2. The molecule has 0 aliphatic heterocycles. The molecule has 1 heterocycles. The Balaban J connectivity index is 2.05. The molecule has 0 N–H and O–H groups in total. The molecule has 0 amide bonds. The van der Waals surface area contributed by atoms with E-state index in [0.717, 1.165) is 17.1 Å². The summed E-state index contributed by atoms with van der Waals surface area (Å²) in [5.41, 5.74) is 3.04. The lowest BCUT2D eigenvalue weighted by molar-refractivity contribution is -0.153. The first-order valence-electron chi connectivity index (χ1n) is 7.10. The maximum Gasteiger partial charge on any atom is 0.422 e. The van der Waals surface area contributed by atoms with E-state index in [0.29, 0.717) is 34.2 Å². The molecule has 1 aromatic carbocycles. The highest BCUT2D eigenvalue weighted by Crippen LogP contribution is 2.28. The molecular formula is C15H17ClF3N3OS. The number of hydrogen-bond acceptors (Lipinski definition) is 5. The quantitative estimate of drug-likeness (QED) is 0.746. The van der Waals surface area contributed by atoms with Gasteiger partial charge in [-0.1, -0.05) is 28.2 Å². The van der Waals surface area contributed by atoms with Crippen LogP contribution in [0.2, 0.25) is 4.34 Å². The lowest BCUT2D eigenvalue weighted by Crippen LogP contribution is -2.20. The highest BCUT2D eigenvalue weighted by molar-refractivity contribution is 7.10. The van der Waals surface area contributed by atoms with Crippen LogP contribution in [0.3, 0.4) is 0 Å². The summed E-state index contributed by atoms with van der Waals surface area (Å²) in [4.78, 5) is 2.01. The highest BCUT2D eigenvalue weighted by Gasteiger charge is 2.29. The third-order valence-corrected chi connectivity index (χ3v) is 4.27. The Kier molecular flexibility index (Phi) is 6.06. The van der Waals surface area contributed by atoms with Crippen LogP contribution in [0.4, 0.5) is 13.2 Å². The third kappa shape index (κ3) is 5.32.